The van der Waals surface area contributed by atoms with E-state index in [-0.39, 0.29) is 10.9 Å². The second-order valence-electron chi connectivity index (χ2n) is 5.17. The molecule has 0 saturated carbocycles. The summed E-state index contributed by atoms with van der Waals surface area (Å²) in [5.41, 5.74) is 1.04. The Hall–Kier alpha value is -0.950. The van der Waals surface area contributed by atoms with Crippen LogP contribution in [0.3, 0.4) is 0 Å². The summed E-state index contributed by atoms with van der Waals surface area (Å²) in [6.07, 6.45) is 0. The lowest BCUT2D eigenvalue weighted by Crippen LogP contribution is -2.37. The standard InChI is InChI=1S/C13H23N3O2S/c1-10(9-16(3)4)15-11(2)12-5-7-13(8-6-12)19(14,17)18/h5-8,10-11,15H,9H2,1-4H3,(H2,14,17,18). The molecule has 0 aromatic heterocycles. The van der Waals surface area contributed by atoms with Gasteiger partial charge in [-0.25, -0.2) is 13.6 Å². The molecule has 2 atom stereocenters. The highest BCUT2D eigenvalue weighted by atomic mass is 32.2. The number of benzene rings is 1. The van der Waals surface area contributed by atoms with Crippen molar-refractivity contribution < 1.29 is 8.42 Å². The summed E-state index contributed by atoms with van der Waals surface area (Å²) < 4.78 is 22.3. The van der Waals surface area contributed by atoms with Crippen LogP contribution in [0.1, 0.15) is 25.5 Å². The lowest BCUT2D eigenvalue weighted by atomic mass is 10.1. The molecule has 108 valence electrons. The van der Waals surface area contributed by atoms with Gasteiger partial charge in [0, 0.05) is 18.6 Å². The third kappa shape index (κ3) is 5.28. The maximum absolute atomic E-state index is 11.2. The average Bonchev–Trinajstić information content (AvgIpc) is 2.26. The number of hydrogen-bond donors (Lipinski definition) is 2. The summed E-state index contributed by atoms with van der Waals surface area (Å²) in [6.45, 7) is 5.12. The lowest BCUT2D eigenvalue weighted by molar-refractivity contribution is 0.334. The zero-order valence-electron chi connectivity index (χ0n) is 11.9. The molecule has 19 heavy (non-hydrogen) atoms. The van der Waals surface area contributed by atoms with Gasteiger partial charge in [0.25, 0.3) is 0 Å². The molecule has 2 unspecified atom stereocenters. The highest BCUT2D eigenvalue weighted by Crippen LogP contribution is 2.16. The number of sulfonamides is 1. The maximum atomic E-state index is 11.2. The lowest BCUT2D eigenvalue weighted by Gasteiger charge is -2.23. The van der Waals surface area contributed by atoms with Gasteiger partial charge in [-0.1, -0.05) is 12.1 Å². The molecule has 0 aliphatic rings. The van der Waals surface area contributed by atoms with Gasteiger partial charge in [-0.3, -0.25) is 0 Å². The SMILES string of the molecule is CC(CN(C)C)NC(C)c1ccc(S(N)(=O)=O)cc1. The first-order chi connectivity index (χ1) is 8.70. The van der Waals surface area contributed by atoms with E-state index in [1.165, 1.54) is 0 Å². The Morgan fingerprint density at radius 1 is 1.21 bits per heavy atom. The number of primary sulfonamides is 1. The van der Waals surface area contributed by atoms with Crippen LogP contribution in [-0.4, -0.2) is 40.0 Å². The Kier molecular flexibility index (Phi) is 5.49. The maximum Gasteiger partial charge on any atom is 0.238 e. The van der Waals surface area contributed by atoms with E-state index in [1.54, 1.807) is 24.3 Å². The van der Waals surface area contributed by atoms with Crippen LogP contribution in [0.4, 0.5) is 0 Å². The fourth-order valence-electron chi connectivity index (χ4n) is 2.07. The van der Waals surface area contributed by atoms with Crippen molar-refractivity contribution in [3.63, 3.8) is 0 Å². The van der Waals surface area contributed by atoms with E-state index in [1.807, 2.05) is 14.1 Å². The van der Waals surface area contributed by atoms with Crippen LogP contribution in [0, 0.1) is 0 Å². The minimum absolute atomic E-state index is 0.143. The van der Waals surface area contributed by atoms with Crippen LogP contribution < -0.4 is 10.5 Å². The first-order valence-corrected chi connectivity index (χ1v) is 7.78. The first-order valence-electron chi connectivity index (χ1n) is 6.23. The average molecular weight is 285 g/mol. The fraction of sp³-hybridized carbons (Fsp3) is 0.538. The second kappa shape index (κ2) is 6.47. The summed E-state index contributed by atoms with van der Waals surface area (Å²) in [5.74, 6) is 0. The topological polar surface area (TPSA) is 75.4 Å². The van der Waals surface area contributed by atoms with Crippen LogP contribution in [0.2, 0.25) is 0 Å². The van der Waals surface area contributed by atoms with Crippen LogP contribution in [0.25, 0.3) is 0 Å². The molecule has 1 aromatic rings. The van der Waals surface area contributed by atoms with Gasteiger partial charge < -0.3 is 10.2 Å². The number of likely N-dealkylation sites (N-methyl/N-ethyl adjacent to an activating group) is 1. The summed E-state index contributed by atoms with van der Waals surface area (Å²) in [6, 6.07) is 7.17. The van der Waals surface area contributed by atoms with Crippen molar-refractivity contribution in [2.75, 3.05) is 20.6 Å². The molecule has 0 aliphatic heterocycles. The molecule has 0 bridgehead atoms. The van der Waals surface area contributed by atoms with E-state index >= 15 is 0 Å². The quantitative estimate of drug-likeness (QED) is 0.815. The third-order valence-electron chi connectivity index (χ3n) is 2.88. The van der Waals surface area contributed by atoms with Gasteiger partial charge in [-0.2, -0.15) is 0 Å². The predicted molar refractivity (Wildman–Crippen MR) is 77.4 cm³/mol. The highest BCUT2D eigenvalue weighted by molar-refractivity contribution is 7.89. The normalized spacial score (nSPS) is 15.5. The van der Waals surface area contributed by atoms with Gasteiger partial charge in [0.1, 0.15) is 0 Å². The van der Waals surface area contributed by atoms with E-state index in [9.17, 15) is 8.42 Å². The molecule has 5 nitrogen and oxygen atoms in total. The van der Waals surface area contributed by atoms with Gasteiger partial charge >= 0.3 is 0 Å². The molecule has 1 aromatic carbocycles. The summed E-state index contributed by atoms with van der Waals surface area (Å²) in [4.78, 5) is 2.26. The molecule has 0 spiro atoms. The molecule has 1 rings (SSSR count). The summed E-state index contributed by atoms with van der Waals surface area (Å²) >= 11 is 0. The third-order valence-corrected chi connectivity index (χ3v) is 3.81. The minimum Gasteiger partial charge on any atom is -0.308 e. The van der Waals surface area contributed by atoms with E-state index in [0.29, 0.717) is 6.04 Å². The Morgan fingerprint density at radius 2 is 1.74 bits per heavy atom. The number of nitrogens with one attached hydrogen (secondary N) is 1. The van der Waals surface area contributed by atoms with Gasteiger partial charge in [0.05, 0.1) is 4.90 Å². The van der Waals surface area contributed by atoms with Crippen molar-refractivity contribution in [3.05, 3.63) is 29.8 Å². The highest BCUT2D eigenvalue weighted by Gasteiger charge is 2.12. The van der Waals surface area contributed by atoms with Gasteiger partial charge in [-0.15, -0.1) is 0 Å². The largest absolute Gasteiger partial charge is 0.308 e. The fourth-order valence-corrected chi connectivity index (χ4v) is 2.59. The van der Waals surface area contributed by atoms with E-state index in [4.69, 9.17) is 5.14 Å². The smallest absolute Gasteiger partial charge is 0.238 e. The van der Waals surface area contributed by atoms with Crippen molar-refractivity contribution in [1.82, 2.24) is 10.2 Å². The molecule has 6 heteroatoms. The molecule has 0 fully saturated rings. The monoisotopic (exact) mass is 285 g/mol. The van der Waals surface area contributed by atoms with E-state index in [0.717, 1.165) is 12.1 Å². The molecule has 0 radical (unpaired) electrons. The second-order valence-corrected chi connectivity index (χ2v) is 6.73. The van der Waals surface area contributed by atoms with Crippen molar-refractivity contribution >= 4 is 10.0 Å². The van der Waals surface area contributed by atoms with E-state index in [2.05, 4.69) is 24.1 Å². The number of rotatable bonds is 6. The van der Waals surface area contributed by atoms with Crippen LogP contribution in [0.5, 0.6) is 0 Å². The van der Waals surface area contributed by atoms with E-state index < -0.39 is 10.0 Å². The van der Waals surface area contributed by atoms with Crippen molar-refractivity contribution in [1.29, 1.82) is 0 Å². The zero-order valence-corrected chi connectivity index (χ0v) is 12.7. The van der Waals surface area contributed by atoms with Crippen molar-refractivity contribution in [3.8, 4) is 0 Å². The molecular weight excluding hydrogens is 262 g/mol. The number of nitrogens with two attached hydrogens (primary N) is 1. The minimum atomic E-state index is -3.61. The molecule has 0 saturated heterocycles. The molecular formula is C13H23N3O2S. The summed E-state index contributed by atoms with van der Waals surface area (Å²) in [5, 5.41) is 8.53. The number of hydrogen-bond acceptors (Lipinski definition) is 4. The predicted octanol–water partition coefficient (Wildman–Crippen LogP) is 0.935. The van der Waals surface area contributed by atoms with Gasteiger partial charge in [0.2, 0.25) is 10.0 Å². The summed E-state index contributed by atoms with van der Waals surface area (Å²) in [7, 11) is 0.452. The number of nitrogens with zero attached hydrogens (tertiary/aromatic N) is 1. The molecule has 0 aliphatic carbocycles. The van der Waals surface area contributed by atoms with Gasteiger partial charge in [0.15, 0.2) is 0 Å². The first kappa shape index (κ1) is 16.1. The molecule has 0 amide bonds. The van der Waals surface area contributed by atoms with Crippen LogP contribution >= 0.6 is 0 Å². The molecule has 0 heterocycles. The Bertz CT molecular complexity index is 497. The van der Waals surface area contributed by atoms with Crippen LogP contribution in [-0.2, 0) is 10.0 Å². The zero-order chi connectivity index (χ0) is 14.6. The Labute approximate surface area is 115 Å². The molecule has 3 N–H and O–H groups in total. The van der Waals surface area contributed by atoms with Crippen molar-refractivity contribution in [2.24, 2.45) is 5.14 Å². The van der Waals surface area contributed by atoms with Crippen LogP contribution in [0.15, 0.2) is 29.2 Å². The van der Waals surface area contributed by atoms with Gasteiger partial charge in [-0.05, 0) is 45.6 Å². The van der Waals surface area contributed by atoms with Crippen molar-refractivity contribution in [2.45, 2.75) is 30.8 Å². The Morgan fingerprint density at radius 3 is 2.16 bits per heavy atom. The Balaban J connectivity index is 2.70.